The molecule has 3 atom stereocenters. The van der Waals surface area contributed by atoms with Crippen molar-refractivity contribution in [2.75, 3.05) is 0 Å². The van der Waals surface area contributed by atoms with Gasteiger partial charge in [0, 0.05) is 0 Å². The molecule has 0 radical (unpaired) electrons. The van der Waals surface area contributed by atoms with E-state index in [0.29, 0.717) is 19.3 Å². The molecule has 0 bridgehead atoms. The predicted molar refractivity (Wildman–Crippen MR) is 147 cm³/mol. The lowest BCUT2D eigenvalue weighted by molar-refractivity contribution is -0.184. The monoisotopic (exact) mass is 528 g/mol. The maximum Gasteiger partial charge on any atom is 0.339 e. The van der Waals surface area contributed by atoms with Crippen LogP contribution in [0.15, 0.2) is 0 Å². The summed E-state index contributed by atoms with van der Waals surface area (Å²) in [6, 6.07) is 0. The molecule has 37 heavy (non-hydrogen) atoms. The first-order chi connectivity index (χ1) is 16.7. The van der Waals surface area contributed by atoms with Crippen LogP contribution >= 0.6 is 0 Å². The molecular weight excluding hydrogens is 472 g/mol. The van der Waals surface area contributed by atoms with E-state index in [1.165, 1.54) is 0 Å². The van der Waals surface area contributed by atoms with Crippen LogP contribution in [0.25, 0.3) is 0 Å². The Labute approximate surface area is 226 Å². The maximum absolute atomic E-state index is 13.2. The minimum Gasteiger partial charge on any atom is -0.463 e. The molecule has 0 saturated heterocycles. The summed E-state index contributed by atoms with van der Waals surface area (Å²) in [5, 5.41) is 11.3. The quantitative estimate of drug-likeness (QED) is 0.164. The summed E-state index contributed by atoms with van der Waals surface area (Å²) in [5.74, 6) is -2.52. The molecule has 0 aromatic carbocycles. The molecule has 0 saturated carbocycles. The van der Waals surface area contributed by atoms with E-state index >= 15 is 0 Å². The zero-order valence-electron chi connectivity index (χ0n) is 25.8. The van der Waals surface area contributed by atoms with E-state index in [-0.39, 0.29) is 16.2 Å². The first-order valence-electron chi connectivity index (χ1n) is 14.0. The number of carbonyl (C=O) groups excluding carboxylic acids is 3. The van der Waals surface area contributed by atoms with Gasteiger partial charge in [0.2, 0.25) is 0 Å². The number of hydrogen-bond donors (Lipinski definition) is 1. The average molecular weight is 529 g/mol. The molecule has 0 aliphatic rings. The third-order valence-corrected chi connectivity index (χ3v) is 7.62. The molecule has 0 spiro atoms. The largest absolute Gasteiger partial charge is 0.463 e. The van der Waals surface area contributed by atoms with E-state index in [2.05, 4.69) is 62.3 Å². The molecule has 0 aromatic rings. The van der Waals surface area contributed by atoms with Gasteiger partial charge in [-0.05, 0) is 56.3 Å². The topological polar surface area (TPSA) is 99.1 Å². The molecule has 218 valence electrons. The Kier molecular flexibility index (Phi) is 13.9. The number of rotatable bonds is 17. The summed E-state index contributed by atoms with van der Waals surface area (Å²) in [6.45, 7) is 24.0. The summed E-state index contributed by atoms with van der Waals surface area (Å²) < 4.78 is 16.6. The molecule has 3 unspecified atom stereocenters. The number of esters is 3. The third-order valence-electron chi connectivity index (χ3n) is 7.62. The highest BCUT2D eigenvalue weighted by Crippen LogP contribution is 2.31. The van der Waals surface area contributed by atoms with Crippen molar-refractivity contribution in [3.63, 3.8) is 0 Å². The standard InChI is InChI=1S/C30H56O7/c1-13-27(7,8)16-21(4)35-24(31)19-30(34,26(33)37-23(6)18-29(11,12)15-3)20-25(32)36-22(5)17-28(9,10)14-2/h21-23,34H,13-20H2,1-12H3. The zero-order chi connectivity index (χ0) is 29.2. The zero-order valence-corrected chi connectivity index (χ0v) is 25.8. The summed E-state index contributed by atoms with van der Waals surface area (Å²) in [4.78, 5) is 38.7. The molecule has 0 aliphatic carbocycles. The molecule has 0 heterocycles. The average Bonchev–Trinajstić information content (AvgIpc) is 2.71. The maximum atomic E-state index is 13.2. The van der Waals surface area contributed by atoms with Crippen molar-refractivity contribution in [2.24, 2.45) is 16.2 Å². The highest BCUT2D eigenvalue weighted by atomic mass is 16.6. The Hall–Kier alpha value is -1.63. The Morgan fingerprint density at radius 3 is 1.14 bits per heavy atom. The van der Waals surface area contributed by atoms with Gasteiger partial charge in [-0.25, -0.2) is 4.79 Å². The van der Waals surface area contributed by atoms with Gasteiger partial charge in [0.25, 0.3) is 0 Å². The van der Waals surface area contributed by atoms with E-state index < -0.39 is 54.7 Å². The minimum atomic E-state index is -2.38. The van der Waals surface area contributed by atoms with Gasteiger partial charge in [-0.1, -0.05) is 81.6 Å². The van der Waals surface area contributed by atoms with E-state index in [1.54, 1.807) is 20.8 Å². The van der Waals surface area contributed by atoms with Crippen molar-refractivity contribution in [3.05, 3.63) is 0 Å². The smallest absolute Gasteiger partial charge is 0.339 e. The number of ether oxygens (including phenoxy) is 3. The minimum absolute atomic E-state index is 0.0251. The fraction of sp³-hybridized carbons (Fsp3) is 0.900. The van der Waals surface area contributed by atoms with E-state index in [0.717, 1.165) is 19.3 Å². The van der Waals surface area contributed by atoms with Crippen molar-refractivity contribution >= 4 is 17.9 Å². The molecule has 7 nitrogen and oxygen atoms in total. The van der Waals surface area contributed by atoms with Crippen LogP contribution in [0.2, 0.25) is 0 Å². The highest BCUT2D eigenvalue weighted by molar-refractivity contribution is 5.90. The second-order valence-corrected chi connectivity index (χ2v) is 13.4. The lowest BCUT2D eigenvalue weighted by Crippen LogP contribution is -2.46. The molecular formula is C30H56O7. The fourth-order valence-corrected chi connectivity index (χ4v) is 4.40. The van der Waals surface area contributed by atoms with Gasteiger partial charge in [-0.15, -0.1) is 0 Å². The summed E-state index contributed by atoms with van der Waals surface area (Å²) in [7, 11) is 0. The second kappa shape index (κ2) is 14.5. The van der Waals surface area contributed by atoms with Gasteiger partial charge in [0.1, 0.15) is 0 Å². The van der Waals surface area contributed by atoms with Crippen molar-refractivity contribution in [3.8, 4) is 0 Å². The van der Waals surface area contributed by atoms with Gasteiger partial charge in [0.05, 0.1) is 31.2 Å². The van der Waals surface area contributed by atoms with Crippen LogP contribution in [0.4, 0.5) is 0 Å². The van der Waals surface area contributed by atoms with Gasteiger partial charge in [-0.2, -0.15) is 0 Å². The summed E-state index contributed by atoms with van der Waals surface area (Å²) >= 11 is 0. The first kappa shape index (κ1) is 35.4. The fourth-order valence-electron chi connectivity index (χ4n) is 4.40. The van der Waals surface area contributed by atoms with Crippen LogP contribution in [-0.2, 0) is 28.6 Å². The van der Waals surface area contributed by atoms with Gasteiger partial charge < -0.3 is 19.3 Å². The second-order valence-electron chi connectivity index (χ2n) is 13.4. The van der Waals surface area contributed by atoms with Crippen LogP contribution < -0.4 is 0 Å². The van der Waals surface area contributed by atoms with E-state index in [9.17, 15) is 19.5 Å². The highest BCUT2D eigenvalue weighted by Gasteiger charge is 2.45. The Morgan fingerprint density at radius 2 is 0.865 bits per heavy atom. The normalized spacial score (nSPS) is 16.8. The van der Waals surface area contributed by atoms with Crippen molar-refractivity contribution < 1.29 is 33.7 Å². The summed E-state index contributed by atoms with van der Waals surface area (Å²) in [5.41, 5.74) is -2.50. The van der Waals surface area contributed by atoms with Crippen LogP contribution in [0.1, 0.15) is 134 Å². The number of aliphatic hydroxyl groups is 1. The van der Waals surface area contributed by atoms with Crippen LogP contribution in [-0.4, -0.2) is 46.9 Å². The number of carbonyl (C=O) groups is 3. The Morgan fingerprint density at radius 1 is 0.595 bits per heavy atom. The molecule has 7 heteroatoms. The van der Waals surface area contributed by atoms with E-state index in [4.69, 9.17) is 14.2 Å². The molecule has 0 aromatic heterocycles. The first-order valence-corrected chi connectivity index (χ1v) is 14.0. The lowest BCUT2D eigenvalue weighted by atomic mass is 9.84. The Balaban J connectivity index is 5.60. The molecule has 1 N–H and O–H groups in total. The van der Waals surface area contributed by atoms with Gasteiger partial charge in [0.15, 0.2) is 5.60 Å². The van der Waals surface area contributed by atoms with Crippen molar-refractivity contribution in [2.45, 2.75) is 158 Å². The lowest BCUT2D eigenvalue weighted by Gasteiger charge is -2.31. The summed E-state index contributed by atoms with van der Waals surface area (Å²) in [6.07, 6.45) is 1.86. The van der Waals surface area contributed by atoms with Gasteiger partial charge in [-0.3, -0.25) is 9.59 Å². The molecule has 0 amide bonds. The van der Waals surface area contributed by atoms with Crippen LogP contribution in [0.5, 0.6) is 0 Å². The predicted octanol–water partition coefficient (Wildman–Crippen LogP) is 6.77. The third kappa shape index (κ3) is 14.2. The number of hydrogen-bond acceptors (Lipinski definition) is 7. The van der Waals surface area contributed by atoms with Crippen LogP contribution in [0, 0.1) is 16.2 Å². The molecule has 0 aliphatic heterocycles. The van der Waals surface area contributed by atoms with E-state index in [1.807, 2.05) is 0 Å². The van der Waals surface area contributed by atoms with Gasteiger partial charge >= 0.3 is 17.9 Å². The molecule has 0 fully saturated rings. The SMILES string of the molecule is CCC(C)(C)CC(C)OC(=O)CC(O)(CC(=O)OC(C)CC(C)(C)CC)C(=O)OC(C)CC(C)(C)CC. The van der Waals surface area contributed by atoms with Crippen LogP contribution in [0.3, 0.4) is 0 Å². The Bertz CT molecular complexity index is 698. The molecule has 0 rings (SSSR count). The van der Waals surface area contributed by atoms with Crippen molar-refractivity contribution in [1.82, 2.24) is 0 Å². The van der Waals surface area contributed by atoms with Crippen molar-refractivity contribution in [1.29, 1.82) is 0 Å².